The summed E-state index contributed by atoms with van der Waals surface area (Å²) in [7, 11) is -3.57. The third kappa shape index (κ3) is 3.50. The Morgan fingerprint density at radius 1 is 1.30 bits per heavy atom. The molecule has 2 N–H and O–H groups in total. The maximum Gasteiger partial charge on any atom is 0.326 e. The molecule has 116 valence electrons. The van der Waals surface area contributed by atoms with Crippen molar-refractivity contribution in [2.24, 2.45) is 5.92 Å². The molecule has 1 saturated carbocycles. The summed E-state index contributed by atoms with van der Waals surface area (Å²) in [5, 5.41) is 11.0. The zero-order valence-electron chi connectivity index (χ0n) is 12.3. The molecule has 7 heteroatoms. The first-order chi connectivity index (χ1) is 9.00. The van der Waals surface area contributed by atoms with Crippen molar-refractivity contribution in [1.82, 2.24) is 5.32 Å². The Morgan fingerprint density at radius 2 is 1.80 bits per heavy atom. The van der Waals surface area contributed by atoms with E-state index in [2.05, 4.69) is 5.32 Å². The molecule has 20 heavy (non-hydrogen) atoms. The second kappa shape index (κ2) is 5.71. The van der Waals surface area contributed by atoms with Crippen molar-refractivity contribution in [3.05, 3.63) is 0 Å². The second-order valence-electron chi connectivity index (χ2n) is 6.25. The van der Waals surface area contributed by atoms with Gasteiger partial charge in [-0.25, -0.2) is 13.2 Å². The van der Waals surface area contributed by atoms with Crippen LogP contribution in [0.5, 0.6) is 0 Å². The summed E-state index contributed by atoms with van der Waals surface area (Å²) in [4.78, 5) is 23.3. The van der Waals surface area contributed by atoms with E-state index in [1.54, 1.807) is 0 Å². The maximum atomic E-state index is 12.2. The van der Waals surface area contributed by atoms with E-state index >= 15 is 0 Å². The molecule has 6 nitrogen and oxygen atoms in total. The molecule has 0 aromatic carbocycles. The molecular weight excluding hydrogens is 282 g/mol. The summed E-state index contributed by atoms with van der Waals surface area (Å²) in [5.74, 6) is -1.80. The fourth-order valence-corrected chi connectivity index (χ4v) is 3.86. The van der Waals surface area contributed by atoms with E-state index < -0.39 is 37.8 Å². The van der Waals surface area contributed by atoms with Crippen LogP contribution in [-0.4, -0.2) is 41.4 Å². The van der Waals surface area contributed by atoms with Crippen LogP contribution in [-0.2, 0) is 19.4 Å². The quantitative estimate of drug-likeness (QED) is 0.729. The van der Waals surface area contributed by atoms with Gasteiger partial charge in [-0.05, 0) is 39.0 Å². The van der Waals surface area contributed by atoms with Gasteiger partial charge < -0.3 is 10.4 Å². The van der Waals surface area contributed by atoms with E-state index in [1.165, 1.54) is 13.8 Å². The molecule has 1 aliphatic carbocycles. The lowest BCUT2D eigenvalue weighted by Gasteiger charge is -2.26. The number of rotatable bonds is 7. The van der Waals surface area contributed by atoms with E-state index in [1.807, 2.05) is 13.8 Å². The van der Waals surface area contributed by atoms with Gasteiger partial charge in [0.15, 0.2) is 9.84 Å². The predicted octanol–water partition coefficient (Wildman–Crippen LogP) is 0.958. The van der Waals surface area contributed by atoms with Crippen molar-refractivity contribution in [1.29, 1.82) is 0 Å². The number of carbonyl (C=O) groups excluding carboxylic acids is 1. The molecule has 0 spiro atoms. The van der Waals surface area contributed by atoms with Gasteiger partial charge in [0, 0.05) is 0 Å². The van der Waals surface area contributed by atoms with Gasteiger partial charge in [-0.2, -0.15) is 0 Å². The number of hydrogen-bond donors (Lipinski definition) is 2. The van der Waals surface area contributed by atoms with Crippen LogP contribution in [0.3, 0.4) is 0 Å². The van der Waals surface area contributed by atoms with Gasteiger partial charge in [-0.1, -0.05) is 13.8 Å². The highest BCUT2D eigenvalue weighted by molar-refractivity contribution is 7.94. The summed E-state index contributed by atoms with van der Waals surface area (Å²) in [5.41, 5.74) is 0. The van der Waals surface area contributed by atoms with Crippen LogP contribution in [0.15, 0.2) is 0 Å². The third-order valence-corrected chi connectivity index (χ3v) is 6.49. The first kappa shape index (κ1) is 16.9. The fraction of sp³-hybridized carbons (Fsp3) is 0.846. The lowest BCUT2D eigenvalue weighted by atomic mass is 10.0. The second-order valence-corrected chi connectivity index (χ2v) is 9.03. The highest BCUT2D eigenvalue weighted by Gasteiger charge is 2.50. The van der Waals surface area contributed by atoms with Crippen molar-refractivity contribution in [3.63, 3.8) is 0 Å². The smallest absolute Gasteiger partial charge is 0.326 e. The van der Waals surface area contributed by atoms with Crippen LogP contribution in [0.1, 0.15) is 47.0 Å². The highest BCUT2D eigenvalue weighted by atomic mass is 32.2. The van der Waals surface area contributed by atoms with E-state index in [-0.39, 0.29) is 12.3 Å². The molecule has 0 bridgehead atoms. The maximum absolute atomic E-state index is 12.2. The molecule has 0 aliphatic heterocycles. The number of sulfone groups is 1. The number of nitrogens with one attached hydrogen (secondary N) is 1. The fourth-order valence-electron chi connectivity index (χ4n) is 1.95. The molecule has 0 aromatic heterocycles. The lowest BCUT2D eigenvalue weighted by molar-refractivity contribution is -0.142. The van der Waals surface area contributed by atoms with Gasteiger partial charge in [0.25, 0.3) is 0 Å². The number of hydrogen-bond acceptors (Lipinski definition) is 4. The van der Waals surface area contributed by atoms with Crippen LogP contribution in [0.2, 0.25) is 0 Å². The van der Waals surface area contributed by atoms with Crippen molar-refractivity contribution in [2.75, 3.05) is 0 Å². The Labute approximate surface area is 119 Å². The summed E-state index contributed by atoms with van der Waals surface area (Å²) in [6.07, 6.45) is 1.42. The minimum atomic E-state index is -3.57. The molecule has 1 rings (SSSR count). The van der Waals surface area contributed by atoms with Crippen molar-refractivity contribution in [2.45, 2.75) is 63.0 Å². The van der Waals surface area contributed by atoms with Gasteiger partial charge in [0.2, 0.25) is 5.91 Å². The standard InChI is InChI=1S/C13H23NO5S/c1-8(2)7-10(11(15)16)14-12(17)13(3,4)20(18,19)9-5-6-9/h8-10H,5-7H2,1-4H3,(H,14,17)(H,15,16)/t10-/m1/s1. The number of carboxylic acids is 1. The minimum absolute atomic E-state index is 0.0829. The Bertz CT molecular complexity index is 491. The third-order valence-electron chi connectivity index (χ3n) is 3.53. The average Bonchev–Trinajstić information content (AvgIpc) is 3.10. The number of aliphatic carboxylic acids is 1. The van der Waals surface area contributed by atoms with E-state index in [0.29, 0.717) is 12.8 Å². The topological polar surface area (TPSA) is 101 Å². The normalized spacial score (nSPS) is 17.9. The highest BCUT2D eigenvalue weighted by Crippen LogP contribution is 2.36. The molecule has 0 radical (unpaired) electrons. The Balaban J connectivity index is 2.85. The zero-order valence-corrected chi connectivity index (χ0v) is 13.2. The van der Waals surface area contributed by atoms with E-state index in [0.717, 1.165) is 0 Å². The van der Waals surface area contributed by atoms with Crippen LogP contribution in [0, 0.1) is 5.92 Å². The SMILES string of the molecule is CC(C)C[C@@H](NC(=O)C(C)(C)S(=O)(=O)C1CC1)C(=O)O. The molecular formula is C13H23NO5S. The van der Waals surface area contributed by atoms with Gasteiger partial charge in [-0.3, -0.25) is 4.79 Å². The predicted molar refractivity (Wildman–Crippen MR) is 75.0 cm³/mol. The summed E-state index contributed by atoms with van der Waals surface area (Å²) < 4.78 is 22.8. The van der Waals surface area contributed by atoms with Gasteiger partial charge in [0.05, 0.1) is 5.25 Å². The summed E-state index contributed by atoms with van der Waals surface area (Å²) in [6, 6.07) is -1.06. The molecule has 1 atom stereocenters. The monoisotopic (exact) mass is 305 g/mol. The number of carboxylic acid groups (broad SMARTS) is 1. The van der Waals surface area contributed by atoms with Crippen molar-refractivity contribution < 1.29 is 23.1 Å². The van der Waals surface area contributed by atoms with Crippen LogP contribution in [0.4, 0.5) is 0 Å². The lowest BCUT2D eigenvalue weighted by Crippen LogP contribution is -2.54. The van der Waals surface area contributed by atoms with Crippen LogP contribution >= 0.6 is 0 Å². The first-order valence-electron chi connectivity index (χ1n) is 6.77. The molecule has 1 fully saturated rings. The molecule has 0 saturated heterocycles. The van der Waals surface area contributed by atoms with E-state index in [4.69, 9.17) is 5.11 Å². The molecule has 0 aromatic rings. The zero-order chi connectivity index (χ0) is 15.7. The molecule has 1 amide bonds. The number of carbonyl (C=O) groups is 2. The van der Waals surface area contributed by atoms with Gasteiger partial charge >= 0.3 is 5.97 Å². The molecule has 1 aliphatic rings. The van der Waals surface area contributed by atoms with Crippen LogP contribution < -0.4 is 5.32 Å². The average molecular weight is 305 g/mol. The number of amides is 1. The first-order valence-corrected chi connectivity index (χ1v) is 8.32. The van der Waals surface area contributed by atoms with E-state index in [9.17, 15) is 18.0 Å². The largest absolute Gasteiger partial charge is 0.480 e. The van der Waals surface area contributed by atoms with Gasteiger partial charge in [0.1, 0.15) is 10.8 Å². The summed E-state index contributed by atoms with van der Waals surface area (Å²) >= 11 is 0. The molecule has 0 unspecified atom stereocenters. The minimum Gasteiger partial charge on any atom is -0.480 e. The Morgan fingerprint density at radius 3 is 2.15 bits per heavy atom. The van der Waals surface area contributed by atoms with Crippen molar-refractivity contribution >= 4 is 21.7 Å². The van der Waals surface area contributed by atoms with Crippen LogP contribution in [0.25, 0.3) is 0 Å². The Hall–Kier alpha value is -1.11. The molecule has 0 heterocycles. The Kier molecular flexibility index (Phi) is 4.84. The van der Waals surface area contributed by atoms with Gasteiger partial charge in [-0.15, -0.1) is 0 Å². The van der Waals surface area contributed by atoms with Crippen molar-refractivity contribution in [3.8, 4) is 0 Å². The summed E-state index contributed by atoms with van der Waals surface area (Å²) in [6.45, 7) is 6.36.